The molecule has 0 heterocycles. The first kappa shape index (κ1) is 20.0. The van der Waals surface area contributed by atoms with Crippen LogP contribution in [0.15, 0.2) is 41.3 Å². The van der Waals surface area contributed by atoms with E-state index in [1.165, 1.54) is 6.26 Å². The lowest BCUT2D eigenvalue weighted by atomic mass is 10.1. The Kier molecular flexibility index (Phi) is 6.08. The fourth-order valence-corrected chi connectivity index (χ4v) is 3.53. The maximum absolute atomic E-state index is 12.2. The van der Waals surface area contributed by atoms with Crippen molar-refractivity contribution in [1.29, 1.82) is 0 Å². The quantitative estimate of drug-likeness (QED) is 0.841. The molecule has 0 saturated carbocycles. The summed E-state index contributed by atoms with van der Waals surface area (Å²) in [5, 5.41) is 2.86. The third-order valence-corrected chi connectivity index (χ3v) is 5.27. The third-order valence-electron chi connectivity index (χ3n) is 4.14. The summed E-state index contributed by atoms with van der Waals surface area (Å²) >= 11 is 0. The number of hydrogen-bond acceptors (Lipinski definition) is 4. The predicted octanol–water partition coefficient (Wildman–Crippen LogP) is 3.27. The molecule has 0 aliphatic carbocycles. The van der Waals surface area contributed by atoms with E-state index in [1.807, 2.05) is 39.8 Å². The molecule has 0 aromatic heterocycles. The Morgan fingerprint density at radius 2 is 1.62 bits per heavy atom. The molecule has 6 heteroatoms. The molecule has 140 valence electrons. The van der Waals surface area contributed by atoms with Gasteiger partial charge in [0.1, 0.15) is 5.75 Å². The van der Waals surface area contributed by atoms with Crippen LogP contribution in [0, 0.1) is 20.8 Å². The van der Waals surface area contributed by atoms with Gasteiger partial charge in [0.2, 0.25) is 0 Å². The molecule has 0 aliphatic rings. The van der Waals surface area contributed by atoms with Crippen molar-refractivity contribution in [2.75, 3.05) is 12.9 Å². The van der Waals surface area contributed by atoms with Gasteiger partial charge in [0.05, 0.1) is 10.9 Å². The number of sulfone groups is 1. The van der Waals surface area contributed by atoms with Crippen molar-refractivity contribution >= 4 is 15.7 Å². The third kappa shape index (κ3) is 5.08. The Morgan fingerprint density at radius 3 is 2.12 bits per heavy atom. The largest absolute Gasteiger partial charge is 0.483 e. The number of nitrogens with one attached hydrogen (secondary N) is 1. The Labute approximate surface area is 155 Å². The zero-order valence-corrected chi connectivity index (χ0v) is 16.6. The molecular weight excluding hydrogens is 350 g/mol. The fourth-order valence-electron chi connectivity index (χ4n) is 2.90. The van der Waals surface area contributed by atoms with E-state index in [4.69, 9.17) is 4.74 Å². The number of benzene rings is 2. The second-order valence-electron chi connectivity index (χ2n) is 6.65. The normalized spacial score (nSPS) is 12.5. The first-order chi connectivity index (χ1) is 12.1. The molecule has 2 rings (SSSR count). The van der Waals surface area contributed by atoms with Crippen LogP contribution >= 0.6 is 0 Å². The fraction of sp³-hybridized carbons (Fsp3) is 0.350. The lowest BCUT2D eigenvalue weighted by Gasteiger charge is -2.16. The second-order valence-corrected chi connectivity index (χ2v) is 8.66. The average Bonchev–Trinajstić information content (AvgIpc) is 2.53. The van der Waals surface area contributed by atoms with Crippen molar-refractivity contribution in [2.45, 2.75) is 38.6 Å². The number of rotatable bonds is 6. The van der Waals surface area contributed by atoms with Gasteiger partial charge >= 0.3 is 0 Å². The van der Waals surface area contributed by atoms with Crippen LogP contribution in [0.4, 0.5) is 0 Å². The minimum Gasteiger partial charge on any atom is -0.483 e. The van der Waals surface area contributed by atoms with E-state index in [9.17, 15) is 13.2 Å². The highest BCUT2D eigenvalue weighted by Crippen LogP contribution is 2.24. The van der Waals surface area contributed by atoms with Crippen LogP contribution in [0.2, 0.25) is 0 Å². The first-order valence-electron chi connectivity index (χ1n) is 8.38. The smallest absolute Gasteiger partial charge is 0.258 e. The van der Waals surface area contributed by atoms with E-state index in [-0.39, 0.29) is 23.5 Å². The van der Waals surface area contributed by atoms with Gasteiger partial charge in [-0.25, -0.2) is 8.42 Å². The minimum absolute atomic E-state index is 0.0729. The van der Waals surface area contributed by atoms with Crippen molar-refractivity contribution < 1.29 is 17.9 Å². The van der Waals surface area contributed by atoms with Gasteiger partial charge in [-0.1, -0.05) is 29.8 Å². The zero-order valence-electron chi connectivity index (χ0n) is 15.8. The Morgan fingerprint density at radius 1 is 1.08 bits per heavy atom. The Bertz CT molecular complexity index is 879. The van der Waals surface area contributed by atoms with Crippen LogP contribution < -0.4 is 10.1 Å². The molecule has 2 aromatic rings. The van der Waals surface area contributed by atoms with Crippen LogP contribution in [-0.2, 0) is 14.6 Å². The van der Waals surface area contributed by atoms with Gasteiger partial charge in [-0.2, -0.15) is 0 Å². The SMILES string of the molecule is Cc1cc(C)c(OCC(=O)N[C@@H](C)c2ccc(S(C)(=O)=O)cc2)c(C)c1. The number of carbonyl (C=O) groups excluding carboxylic acids is 1. The molecule has 0 fully saturated rings. The van der Waals surface area contributed by atoms with Crippen molar-refractivity contribution in [3.05, 3.63) is 58.7 Å². The van der Waals surface area contributed by atoms with E-state index < -0.39 is 9.84 Å². The van der Waals surface area contributed by atoms with Crippen LogP contribution in [0.25, 0.3) is 0 Å². The number of aryl methyl sites for hydroxylation is 3. The van der Waals surface area contributed by atoms with Crippen LogP contribution in [0.3, 0.4) is 0 Å². The molecule has 26 heavy (non-hydrogen) atoms. The number of carbonyl (C=O) groups is 1. The van der Waals surface area contributed by atoms with Gasteiger partial charge in [-0.05, 0) is 56.5 Å². The summed E-state index contributed by atoms with van der Waals surface area (Å²) in [7, 11) is -3.23. The molecule has 1 atom stereocenters. The van der Waals surface area contributed by atoms with E-state index in [1.54, 1.807) is 24.3 Å². The van der Waals surface area contributed by atoms with E-state index in [0.717, 1.165) is 28.0 Å². The monoisotopic (exact) mass is 375 g/mol. The Balaban J connectivity index is 1.97. The summed E-state index contributed by atoms with van der Waals surface area (Å²) in [5.74, 6) is 0.500. The molecule has 0 unspecified atom stereocenters. The molecule has 5 nitrogen and oxygen atoms in total. The van der Waals surface area contributed by atoms with E-state index in [0.29, 0.717) is 0 Å². The predicted molar refractivity (Wildman–Crippen MR) is 102 cm³/mol. The van der Waals surface area contributed by atoms with E-state index >= 15 is 0 Å². The molecule has 1 amide bonds. The number of ether oxygens (including phenoxy) is 1. The molecule has 0 saturated heterocycles. The maximum Gasteiger partial charge on any atom is 0.258 e. The highest BCUT2D eigenvalue weighted by Gasteiger charge is 2.13. The lowest BCUT2D eigenvalue weighted by molar-refractivity contribution is -0.123. The van der Waals surface area contributed by atoms with E-state index in [2.05, 4.69) is 5.32 Å². The van der Waals surface area contributed by atoms with Crippen LogP contribution in [0.1, 0.15) is 35.2 Å². The van der Waals surface area contributed by atoms with Gasteiger partial charge in [0.15, 0.2) is 16.4 Å². The van der Waals surface area contributed by atoms with Crippen molar-refractivity contribution in [1.82, 2.24) is 5.32 Å². The molecule has 0 radical (unpaired) electrons. The van der Waals surface area contributed by atoms with Crippen molar-refractivity contribution in [3.8, 4) is 5.75 Å². The highest BCUT2D eigenvalue weighted by atomic mass is 32.2. The summed E-state index contributed by atoms with van der Waals surface area (Å²) in [6, 6.07) is 10.3. The van der Waals surface area contributed by atoms with Crippen LogP contribution in [-0.4, -0.2) is 27.2 Å². The summed E-state index contributed by atoms with van der Waals surface area (Å²) < 4.78 is 28.7. The van der Waals surface area contributed by atoms with Crippen molar-refractivity contribution in [2.24, 2.45) is 0 Å². The highest BCUT2D eigenvalue weighted by molar-refractivity contribution is 7.90. The van der Waals surface area contributed by atoms with Gasteiger partial charge in [-0.15, -0.1) is 0 Å². The zero-order chi connectivity index (χ0) is 19.5. The molecule has 0 aliphatic heterocycles. The standard InChI is InChI=1S/C20H25NO4S/c1-13-10-14(2)20(15(3)11-13)25-12-19(22)21-16(4)17-6-8-18(9-7-17)26(5,23)24/h6-11,16H,12H2,1-5H3,(H,21,22)/t16-/m0/s1. The molecule has 0 bridgehead atoms. The molecular formula is C20H25NO4S. The van der Waals surface area contributed by atoms with Crippen LogP contribution in [0.5, 0.6) is 5.75 Å². The topological polar surface area (TPSA) is 72.5 Å². The number of hydrogen-bond donors (Lipinski definition) is 1. The summed E-state index contributed by atoms with van der Waals surface area (Å²) in [5.41, 5.74) is 3.98. The maximum atomic E-state index is 12.2. The van der Waals surface area contributed by atoms with Gasteiger partial charge in [0.25, 0.3) is 5.91 Å². The first-order valence-corrected chi connectivity index (χ1v) is 10.3. The lowest BCUT2D eigenvalue weighted by Crippen LogP contribution is -2.31. The van der Waals surface area contributed by atoms with Crippen molar-refractivity contribution in [3.63, 3.8) is 0 Å². The molecule has 0 spiro atoms. The minimum atomic E-state index is -3.23. The van der Waals surface area contributed by atoms with Gasteiger partial charge in [-0.3, -0.25) is 4.79 Å². The average molecular weight is 375 g/mol. The van der Waals surface area contributed by atoms with Gasteiger partial charge < -0.3 is 10.1 Å². The molecule has 1 N–H and O–H groups in total. The molecule has 2 aromatic carbocycles. The van der Waals surface area contributed by atoms with Gasteiger partial charge in [0, 0.05) is 6.26 Å². The second kappa shape index (κ2) is 7.91. The summed E-state index contributed by atoms with van der Waals surface area (Å²) in [6.07, 6.45) is 1.17. The summed E-state index contributed by atoms with van der Waals surface area (Å²) in [6.45, 7) is 7.71. The Hall–Kier alpha value is -2.34. The number of amides is 1. The summed E-state index contributed by atoms with van der Waals surface area (Å²) in [4.78, 5) is 12.4.